The highest BCUT2D eigenvalue weighted by atomic mass is 16.5. The first-order valence-electron chi connectivity index (χ1n) is 10.5. The first-order valence-corrected chi connectivity index (χ1v) is 10.5. The highest BCUT2D eigenvalue weighted by Gasteiger charge is 2.32. The Morgan fingerprint density at radius 1 is 1.09 bits per heavy atom. The summed E-state index contributed by atoms with van der Waals surface area (Å²) in [5.74, 6) is 1.42. The van der Waals surface area contributed by atoms with Crippen LogP contribution in [0.2, 0.25) is 0 Å². The minimum atomic E-state index is 0.0671. The summed E-state index contributed by atoms with van der Waals surface area (Å²) in [6.45, 7) is 6.12. The molecule has 0 radical (unpaired) electrons. The number of nitrogens with zero attached hydrogens (tertiary/aromatic N) is 2. The Morgan fingerprint density at radius 2 is 1.88 bits per heavy atom. The van der Waals surface area contributed by atoms with E-state index in [1.54, 1.807) is 20.4 Å². The molecular weight excluding hydrogens is 398 g/mol. The Hall–Kier alpha value is -3.86. The Labute approximate surface area is 189 Å². The second-order valence-electron chi connectivity index (χ2n) is 7.74. The number of ether oxygens (including phenoxy) is 2. The molecule has 0 fully saturated rings. The molecule has 0 saturated heterocycles. The van der Waals surface area contributed by atoms with Gasteiger partial charge in [0.05, 0.1) is 32.1 Å². The van der Waals surface area contributed by atoms with E-state index < -0.39 is 0 Å². The van der Waals surface area contributed by atoms with Gasteiger partial charge >= 0.3 is 0 Å². The number of rotatable bonds is 7. The molecule has 1 aliphatic heterocycles. The van der Waals surface area contributed by atoms with Crippen LogP contribution in [0, 0.1) is 0 Å². The number of hydrazone groups is 1. The van der Waals surface area contributed by atoms with E-state index in [1.165, 1.54) is 11.1 Å². The normalized spacial score (nSPS) is 17.8. The lowest BCUT2D eigenvalue weighted by Crippen LogP contribution is -2.15. The quantitative estimate of drug-likeness (QED) is 0.468. The van der Waals surface area contributed by atoms with E-state index in [0.29, 0.717) is 11.5 Å². The lowest BCUT2D eigenvalue weighted by Gasteiger charge is -2.15. The molecule has 0 aromatic heterocycles. The van der Waals surface area contributed by atoms with Crippen molar-refractivity contribution < 1.29 is 9.47 Å². The van der Waals surface area contributed by atoms with Gasteiger partial charge in [-0.15, -0.1) is 0 Å². The minimum Gasteiger partial charge on any atom is -0.493 e. The van der Waals surface area contributed by atoms with Crippen LogP contribution in [0.15, 0.2) is 106 Å². The van der Waals surface area contributed by atoms with Gasteiger partial charge in [0.2, 0.25) is 0 Å². The summed E-state index contributed by atoms with van der Waals surface area (Å²) in [5, 5.41) is 4.51. The third-order valence-corrected chi connectivity index (χ3v) is 5.59. The van der Waals surface area contributed by atoms with Gasteiger partial charge in [-0.1, -0.05) is 43.0 Å². The zero-order valence-corrected chi connectivity index (χ0v) is 18.6. The molecule has 2 aliphatic rings. The number of hydrogen-bond donors (Lipinski definition) is 1. The zero-order valence-electron chi connectivity index (χ0n) is 18.6. The number of methoxy groups -OCH3 is 2. The molecule has 0 spiro atoms. The van der Waals surface area contributed by atoms with Gasteiger partial charge in [0.15, 0.2) is 11.5 Å². The molecule has 1 heterocycles. The van der Waals surface area contributed by atoms with Crippen molar-refractivity contribution in [2.24, 2.45) is 10.1 Å². The smallest absolute Gasteiger partial charge is 0.161 e. The van der Waals surface area contributed by atoms with Crippen molar-refractivity contribution in [2.75, 3.05) is 14.2 Å². The van der Waals surface area contributed by atoms with E-state index in [0.717, 1.165) is 34.5 Å². The van der Waals surface area contributed by atoms with Crippen LogP contribution in [0.4, 0.5) is 0 Å². The van der Waals surface area contributed by atoms with Crippen LogP contribution < -0.4 is 14.9 Å². The van der Waals surface area contributed by atoms with Crippen LogP contribution >= 0.6 is 0 Å². The SMILES string of the molecule is C=CC1=CC2=C(N/N=C/c3ccc(OC)c(OC)c3)CC(C)=CN=C2C1c1ccccc1. The van der Waals surface area contributed by atoms with Gasteiger partial charge < -0.3 is 9.47 Å². The van der Waals surface area contributed by atoms with Gasteiger partial charge in [-0.3, -0.25) is 10.4 Å². The predicted octanol–water partition coefficient (Wildman–Crippen LogP) is 5.54. The second-order valence-corrected chi connectivity index (χ2v) is 7.74. The lowest BCUT2D eigenvalue weighted by atomic mass is 9.90. The number of allylic oxidation sites excluding steroid dienone is 5. The minimum absolute atomic E-state index is 0.0671. The third kappa shape index (κ3) is 4.28. The van der Waals surface area contributed by atoms with Gasteiger partial charge in [-0.2, -0.15) is 5.10 Å². The summed E-state index contributed by atoms with van der Waals surface area (Å²) in [7, 11) is 3.25. The number of hydrogen-bond acceptors (Lipinski definition) is 5. The van der Waals surface area contributed by atoms with Crippen molar-refractivity contribution in [1.82, 2.24) is 5.43 Å². The zero-order chi connectivity index (χ0) is 22.5. The van der Waals surface area contributed by atoms with Crippen LogP contribution in [0.5, 0.6) is 11.5 Å². The molecule has 1 aliphatic carbocycles. The summed E-state index contributed by atoms with van der Waals surface area (Å²) in [4.78, 5) is 4.86. The van der Waals surface area contributed by atoms with Crippen molar-refractivity contribution in [3.8, 4) is 11.5 Å². The monoisotopic (exact) mass is 425 g/mol. The van der Waals surface area contributed by atoms with Gasteiger partial charge in [0, 0.05) is 23.9 Å². The number of fused-ring (bicyclic) bond motifs is 1. The fourth-order valence-electron chi connectivity index (χ4n) is 4.01. The van der Waals surface area contributed by atoms with Crippen LogP contribution in [-0.4, -0.2) is 26.1 Å². The molecule has 1 unspecified atom stereocenters. The molecule has 1 N–H and O–H groups in total. The highest BCUT2D eigenvalue weighted by molar-refractivity contribution is 6.13. The molecule has 5 heteroatoms. The molecule has 32 heavy (non-hydrogen) atoms. The van der Waals surface area contributed by atoms with Gasteiger partial charge in [0.25, 0.3) is 0 Å². The Kier molecular flexibility index (Phi) is 6.36. The summed E-state index contributed by atoms with van der Waals surface area (Å²) in [6, 6.07) is 16.1. The molecular formula is C27H27N3O2. The summed E-state index contributed by atoms with van der Waals surface area (Å²) in [6.07, 6.45) is 8.57. The topological polar surface area (TPSA) is 55.2 Å². The van der Waals surface area contributed by atoms with Crippen molar-refractivity contribution in [3.05, 3.63) is 107 Å². The fraction of sp³-hybridized carbons (Fsp3) is 0.185. The number of nitrogens with one attached hydrogen (secondary N) is 1. The predicted molar refractivity (Wildman–Crippen MR) is 131 cm³/mol. The fourth-order valence-corrected chi connectivity index (χ4v) is 4.01. The maximum Gasteiger partial charge on any atom is 0.161 e. The van der Waals surface area contributed by atoms with Crippen LogP contribution in [0.3, 0.4) is 0 Å². The van der Waals surface area contributed by atoms with Crippen LogP contribution in [-0.2, 0) is 0 Å². The Bertz CT molecular complexity index is 1170. The largest absolute Gasteiger partial charge is 0.493 e. The van der Waals surface area contributed by atoms with E-state index in [4.69, 9.17) is 14.5 Å². The molecule has 0 saturated carbocycles. The molecule has 2 aromatic carbocycles. The van der Waals surface area contributed by atoms with Crippen molar-refractivity contribution in [1.29, 1.82) is 0 Å². The maximum absolute atomic E-state index is 5.38. The standard InChI is InChI=1S/C27H27N3O2/c1-5-20-15-22-23(30-29-17-19-11-12-24(31-3)25(14-19)32-4)13-18(2)16-28-27(22)26(20)21-9-7-6-8-10-21/h5-12,14-17,26,30H,1,13H2,2-4H3/b29-17+. The van der Waals surface area contributed by atoms with Gasteiger partial charge in [0.1, 0.15) is 0 Å². The van der Waals surface area contributed by atoms with Crippen molar-refractivity contribution >= 4 is 11.9 Å². The average molecular weight is 426 g/mol. The van der Waals surface area contributed by atoms with Crippen LogP contribution in [0.25, 0.3) is 0 Å². The molecule has 5 nitrogen and oxygen atoms in total. The molecule has 4 rings (SSSR count). The molecule has 2 aromatic rings. The average Bonchev–Trinajstić information content (AvgIpc) is 3.13. The molecule has 162 valence electrons. The first kappa shape index (κ1) is 21.4. The first-order chi connectivity index (χ1) is 15.6. The number of aliphatic imine (C=N–C) groups is 1. The van der Waals surface area contributed by atoms with E-state index in [1.807, 2.05) is 36.5 Å². The van der Waals surface area contributed by atoms with Crippen molar-refractivity contribution in [2.45, 2.75) is 19.3 Å². The van der Waals surface area contributed by atoms with E-state index >= 15 is 0 Å². The summed E-state index contributed by atoms with van der Waals surface area (Å²) >= 11 is 0. The highest BCUT2D eigenvalue weighted by Crippen LogP contribution is 2.39. The van der Waals surface area contributed by atoms with E-state index in [2.05, 4.69) is 54.4 Å². The van der Waals surface area contributed by atoms with E-state index in [-0.39, 0.29) is 5.92 Å². The Morgan fingerprint density at radius 3 is 2.59 bits per heavy atom. The second kappa shape index (κ2) is 9.52. The molecule has 0 amide bonds. The summed E-state index contributed by atoms with van der Waals surface area (Å²) < 4.78 is 10.7. The molecule has 1 atom stereocenters. The lowest BCUT2D eigenvalue weighted by molar-refractivity contribution is 0.355. The van der Waals surface area contributed by atoms with E-state index in [9.17, 15) is 0 Å². The summed E-state index contributed by atoms with van der Waals surface area (Å²) in [5.41, 5.74) is 10.8. The van der Waals surface area contributed by atoms with Crippen molar-refractivity contribution in [3.63, 3.8) is 0 Å². The third-order valence-electron chi connectivity index (χ3n) is 5.59. The molecule has 0 bridgehead atoms. The Balaban J connectivity index is 1.66. The number of benzene rings is 2. The maximum atomic E-state index is 5.38. The van der Waals surface area contributed by atoms with Crippen LogP contribution in [0.1, 0.15) is 30.4 Å². The van der Waals surface area contributed by atoms with Gasteiger partial charge in [-0.25, -0.2) is 0 Å². The van der Waals surface area contributed by atoms with Gasteiger partial charge in [-0.05, 0) is 53.5 Å².